The molecule has 19 heavy (non-hydrogen) atoms. The molecule has 1 fully saturated rings. The molecular formula is C14H19N3O2. The van der Waals surface area contributed by atoms with Crippen molar-refractivity contribution in [1.82, 2.24) is 4.98 Å². The standard InChI is InChI=1S/C14H19N3O2/c1-17(9-10-4-6-18-7-5-10)14-16-12-3-2-11(15)8-13(12)19-14/h2-3,8,10H,4-7,9,15H2,1H3. The number of hydrogen-bond acceptors (Lipinski definition) is 5. The minimum Gasteiger partial charge on any atom is -0.423 e. The molecule has 1 aliphatic rings. The molecule has 0 bridgehead atoms. The average Bonchev–Trinajstić information content (AvgIpc) is 2.83. The minimum atomic E-state index is 0.652. The van der Waals surface area contributed by atoms with E-state index < -0.39 is 0 Å². The molecule has 0 spiro atoms. The van der Waals surface area contributed by atoms with Gasteiger partial charge >= 0.3 is 0 Å². The lowest BCUT2D eigenvalue weighted by Gasteiger charge is -2.26. The quantitative estimate of drug-likeness (QED) is 0.859. The highest BCUT2D eigenvalue weighted by molar-refractivity contribution is 5.78. The van der Waals surface area contributed by atoms with Crippen LogP contribution in [0.2, 0.25) is 0 Å². The fourth-order valence-electron chi connectivity index (χ4n) is 2.49. The number of ether oxygens (including phenoxy) is 1. The maximum Gasteiger partial charge on any atom is 0.298 e. The van der Waals surface area contributed by atoms with Gasteiger partial charge in [0.2, 0.25) is 0 Å². The summed E-state index contributed by atoms with van der Waals surface area (Å²) in [5.41, 5.74) is 8.03. The first-order valence-corrected chi connectivity index (χ1v) is 6.67. The Balaban J connectivity index is 1.75. The van der Waals surface area contributed by atoms with Crippen LogP contribution in [0.3, 0.4) is 0 Å². The highest BCUT2D eigenvalue weighted by Crippen LogP contribution is 2.25. The number of nitrogens with two attached hydrogens (primary N) is 1. The summed E-state index contributed by atoms with van der Waals surface area (Å²) in [5.74, 6) is 0.652. The molecule has 1 aliphatic heterocycles. The summed E-state index contributed by atoms with van der Waals surface area (Å²) < 4.78 is 11.1. The van der Waals surface area contributed by atoms with Gasteiger partial charge in [0.05, 0.1) is 0 Å². The second-order valence-corrected chi connectivity index (χ2v) is 5.16. The summed E-state index contributed by atoms with van der Waals surface area (Å²) >= 11 is 0. The van der Waals surface area contributed by atoms with Crippen molar-refractivity contribution in [2.45, 2.75) is 12.8 Å². The Bertz CT molecular complexity index is 561. The topological polar surface area (TPSA) is 64.5 Å². The number of anilines is 2. The minimum absolute atomic E-state index is 0.652. The van der Waals surface area contributed by atoms with Crippen LogP contribution in [0.5, 0.6) is 0 Å². The molecule has 0 aliphatic carbocycles. The average molecular weight is 261 g/mol. The molecule has 0 atom stereocenters. The molecule has 0 unspecified atom stereocenters. The second kappa shape index (κ2) is 5.09. The van der Waals surface area contributed by atoms with Gasteiger partial charge in [-0.05, 0) is 30.9 Å². The number of nitrogen functional groups attached to an aromatic ring is 1. The van der Waals surface area contributed by atoms with Crippen LogP contribution in [-0.4, -0.2) is 31.8 Å². The van der Waals surface area contributed by atoms with E-state index in [0.29, 0.717) is 17.6 Å². The summed E-state index contributed by atoms with van der Waals surface area (Å²) in [6, 6.07) is 6.20. The lowest BCUT2D eigenvalue weighted by Crippen LogP contribution is -2.29. The molecule has 1 saturated heterocycles. The van der Waals surface area contributed by atoms with Crippen LogP contribution >= 0.6 is 0 Å². The number of oxazole rings is 1. The predicted molar refractivity (Wildman–Crippen MR) is 75.2 cm³/mol. The van der Waals surface area contributed by atoms with Gasteiger partial charge in [-0.3, -0.25) is 0 Å². The van der Waals surface area contributed by atoms with Crippen LogP contribution in [-0.2, 0) is 4.74 Å². The van der Waals surface area contributed by atoms with E-state index in [0.717, 1.165) is 43.7 Å². The van der Waals surface area contributed by atoms with Crippen LogP contribution in [0.4, 0.5) is 11.7 Å². The van der Waals surface area contributed by atoms with Crippen LogP contribution in [0.1, 0.15) is 12.8 Å². The smallest absolute Gasteiger partial charge is 0.298 e. The van der Waals surface area contributed by atoms with Gasteiger partial charge in [-0.15, -0.1) is 0 Å². The van der Waals surface area contributed by atoms with E-state index >= 15 is 0 Å². The van der Waals surface area contributed by atoms with Crippen molar-refractivity contribution >= 4 is 22.8 Å². The zero-order valence-electron chi connectivity index (χ0n) is 11.1. The molecule has 2 N–H and O–H groups in total. The molecule has 1 aromatic carbocycles. The molecule has 3 rings (SSSR count). The monoisotopic (exact) mass is 261 g/mol. The molecule has 0 amide bonds. The van der Waals surface area contributed by atoms with E-state index in [2.05, 4.69) is 9.88 Å². The van der Waals surface area contributed by atoms with Crippen molar-refractivity contribution in [1.29, 1.82) is 0 Å². The Morgan fingerprint density at radius 2 is 2.16 bits per heavy atom. The lowest BCUT2D eigenvalue weighted by molar-refractivity contribution is 0.0683. The fourth-order valence-corrected chi connectivity index (χ4v) is 2.49. The van der Waals surface area contributed by atoms with Crippen molar-refractivity contribution in [2.75, 3.05) is 37.4 Å². The van der Waals surface area contributed by atoms with Gasteiger partial charge in [0.15, 0.2) is 5.58 Å². The highest BCUT2D eigenvalue weighted by Gasteiger charge is 2.18. The van der Waals surface area contributed by atoms with Gasteiger partial charge in [0, 0.05) is 38.6 Å². The number of rotatable bonds is 3. The summed E-state index contributed by atoms with van der Waals surface area (Å²) in [6.07, 6.45) is 2.22. The number of benzene rings is 1. The number of hydrogen-bond donors (Lipinski definition) is 1. The normalized spacial score (nSPS) is 16.9. The van der Waals surface area contributed by atoms with Gasteiger partial charge in [-0.25, -0.2) is 0 Å². The maximum atomic E-state index is 5.76. The zero-order chi connectivity index (χ0) is 13.2. The molecular weight excluding hydrogens is 242 g/mol. The Labute approximate surface area is 112 Å². The molecule has 2 heterocycles. The molecule has 5 nitrogen and oxygen atoms in total. The van der Waals surface area contributed by atoms with E-state index in [4.69, 9.17) is 14.9 Å². The number of nitrogens with zero attached hydrogens (tertiary/aromatic N) is 2. The van der Waals surface area contributed by atoms with Crippen molar-refractivity contribution in [3.63, 3.8) is 0 Å². The number of fused-ring (bicyclic) bond motifs is 1. The molecule has 2 aromatic rings. The molecule has 5 heteroatoms. The largest absolute Gasteiger partial charge is 0.423 e. The summed E-state index contributed by atoms with van der Waals surface area (Å²) in [7, 11) is 2.02. The van der Waals surface area contributed by atoms with E-state index in [1.54, 1.807) is 0 Å². The first kappa shape index (κ1) is 12.3. The van der Waals surface area contributed by atoms with Gasteiger partial charge in [0.1, 0.15) is 5.52 Å². The zero-order valence-corrected chi connectivity index (χ0v) is 11.1. The molecule has 0 saturated carbocycles. The fraction of sp³-hybridized carbons (Fsp3) is 0.500. The third kappa shape index (κ3) is 2.66. The van der Waals surface area contributed by atoms with E-state index in [1.165, 1.54) is 0 Å². The second-order valence-electron chi connectivity index (χ2n) is 5.16. The molecule has 0 radical (unpaired) electrons. The van der Waals surface area contributed by atoms with Crippen LogP contribution in [0.25, 0.3) is 11.1 Å². The predicted octanol–water partition coefficient (Wildman–Crippen LogP) is 2.27. The van der Waals surface area contributed by atoms with Crippen LogP contribution in [0, 0.1) is 5.92 Å². The van der Waals surface area contributed by atoms with Crippen molar-refractivity contribution < 1.29 is 9.15 Å². The van der Waals surface area contributed by atoms with Gasteiger partial charge < -0.3 is 19.8 Å². The van der Waals surface area contributed by atoms with Crippen molar-refractivity contribution in [2.24, 2.45) is 5.92 Å². The van der Waals surface area contributed by atoms with Gasteiger partial charge in [0.25, 0.3) is 6.01 Å². The Morgan fingerprint density at radius 1 is 1.37 bits per heavy atom. The first-order valence-electron chi connectivity index (χ1n) is 6.67. The Hall–Kier alpha value is -1.75. The van der Waals surface area contributed by atoms with Crippen molar-refractivity contribution in [3.05, 3.63) is 18.2 Å². The molecule has 102 valence electrons. The van der Waals surface area contributed by atoms with Gasteiger partial charge in [-0.2, -0.15) is 4.98 Å². The summed E-state index contributed by atoms with van der Waals surface area (Å²) in [5, 5.41) is 0. The van der Waals surface area contributed by atoms with Crippen molar-refractivity contribution in [3.8, 4) is 0 Å². The van der Waals surface area contributed by atoms with E-state index in [1.807, 2.05) is 25.2 Å². The summed E-state index contributed by atoms with van der Waals surface area (Å²) in [4.78, 5) is 6.57. The van der Waals surface area contributed by atoms with E-state index in [-0.39, 0.29) is 0 Å². The Kier molecular flexibility index (Phi) is 3.29. The summed E-state index contributed by atoms with van der Waals surface area (Å²) in [6.45, 7) is 2.68. The lowest BCUT2D eigenvalue weighted by atomic mass is 10.0. The third-order valence-electron chi connectivity index (χ3n) is 3.60. The van der Waals surface area contributed by atoms with E-state index in [9.17, 15) is 0 Å². The third-order valence-corrected chi connectivity index (χ3v) is 3.60. The van der Waals surface area contributed by atoms with Crippen LogP contribution < -0.4 is 10.6 Å². The SMILES string of the molecule is CN(CC1CCOCC1)c1nc2ccc(N)cc2o1. The van der Waals surface area contributed by atoms with Gasteiger partial charge in [-0.1, -0.05) is 0 Å². The van der Waals surface area contributed by atoms with Crippen LogP contribution in [0.15, 0.2) is 22.6 Å². The maximum absolute atomic E-state index is 5.76. The molecule has 1 aromatic heterocycles. The Morgan fingerprint density at radius 3 is 2.95 bits per heavy atom. The highest BCUT2D eigenvalue weighted by atomic mass is 16.5. The first-order chi connectivity index (χ1) is 9.22. The number of aromatic nitrogens is 1.